The van der Waals surface area contributed by atoms with E-state index in [1.807, 2.05) is 11.4 Å². The van der Waals surface area contributed by atoms with Gasteiger partial charge in [-0.25, -0.2) is 4.39 Å². The van der Waals surface area contributed by atoms with Crippen LogP contribution in [0.1, 0.15) is 23.0 Å². The fourth-order valence-electron chi connectivity index (χ4n) is 1.26. The quantitative estimate of drug-likeness (QED) is 0.747. The second-order valence-electron chi connectivity index (χ2n) is 3.52. The fourth-order valence-corrected chi connectivity index (χ4v) is 2.89. The highest BCUT2D eigenvalue weighted by Gasteiger charge is 2.57. The molecule has 2 atom stereocenters. The molecule has 2 rings (SSSR count). The Balaban J connectivity index is 2.29. The van der Waals surface area contributed by atoms with Gasteiger partial charge in [0.25, 0.3) is 0 Å². The maximum Gasteiger partial charge on any atom is 0.182 e. The third-order valence-corrected chi connectivity index (χ3v) is 4.31. The Morgan fingerprint density at radius 3 is 2.85 bits per heavy atom. The number of halogens is 2. The Morgan fingerprint density at radius 2 is 2.46 bits per heavy atom. The van der Waals surface area contributed by atoms with Gasteiger partial charge in [0, 0.05) is 4.47 Å². The van der Waals surface area contributed by atoms with Crippen LogP contribution in [0.4, 0.5) is 4.39 Å². The van der Waals surface area contributed by atoms with Gasteiger partial charge in [0.05, 0.1) is 10.3 Å². The number of hydrogen-bond acceptors (Lipinski definition) is 2. The molecule has 0 radical (unpaired) electrons. The van der Waals surface area contributed by atoms with Gasteiger partial charge in [0.2, 0.25) is 0 Å². The molecule has 0 bridgehead atoms. The second kappa shape index (κ2) is 2.89. The van der Waals surface area contributed by atoms with E-state index in [-0.39, 0.29) is 5.78 Å². The summed E-state index contributed by atoms with van der Waals surface area (Å²) in [5, 5.41) is 1.83. The number of hydrogen-bond donors (Lipinski definition) is 0. The van der Waals surface area contributed by atoms with E-state index in [4.69, 9.17) is 0 Å². The average Bonchev–Trinajstić information content (AvgIpc) is 2.52. The summed E-state index contributed by atoms with van der Waals surface area (Å²) in [4.78, 5) is 12.4. The molecule has 1 fully saturated rings. The van der Waals surface area contributed by atoms with E-state index in [0.29, 0.717) is 11.3 Å². The zero-order valence-corrected chi connectivity index (χ0v) is 9.41. The summed E-state index contributed by atoms with van der Waals surface area (Å²) in [6.07, 6.45) is -0.579. The van der Waals surface area contributed by atoms with Crippen LogP contribution in [-0.4, -0.2) is 12.0 Å². The summed E-state index contributed by atoms with van der Waals surface area (Å²) in [5.41, 5.74) is -0.743. The lowest BCUT2D eigenvalue weighted by molar-refractivity contribution is 0.0897. The van der Waals surface area contributed by atoms with Crippen molar-refractivity contribution in [2.75, 3.05) is 0 Å². The molecule has 4 heteroatoms. The molecule has 1 aliphatic rings. The molecule has 1 nitrogen and oxygen atoms in total. The van der Waals surface area contributed by atoms with Crippen molar-refractivity contribution in [2.24, 2.45) is 5.41 Å². The fraction of sp³-hybridized carbons (Fsp3) is 0.444. The predicted molar refractivity (Wildman–Crippen MR) is 54.0 cm³/mol. The second-order valence-corrected chi connectivity index (χ2v) is 5.29. The lowest BCUT2D eigenvalue weighted by Gasteiger charge is -2.04. The van der Waals surface area contributed by atoms with E-state index < -0.39 is 11.6 Å². The van der Waals surface area contributed by atoms with Crippen molar-refractivity contribution < 1.29 is 9.18 Å². The highest BCUT2D eigenvalue weighted by molar-refractivity contribution is 9.10. The molecule has 1 heterocycles. The van der Waals surface area contributed by atoms with Gasteiger partial charge in [-0.05, 0) is 40.7 Å². The van der Waals surface area contributed by atoms with Gasteiger partial charge in [0.15, 0.2) is 5.78 Å². The van der Waals surface area contributed by atoms with Gasteiger partial charge >= 0.3 is 0 Å². The van der Waals surface area contributed by atoms with E-state index in [1.165, 1.54) is 11.3 Å². The number of thiophene rings is 1. The summed E-state index contributed by atoms with van der Waals surface area (Å²) in [6, 6.07) is 1.82. The van der Waals surface area contributed by atoms with Crippen LogP contribution in [-0.2, 0) is 0 Å². The van der Waals surface area contributed by atoms with Crippen molar-refractivity contribution in [3.63, 3.8) is 0 Å². The minimum Gasteiger partial charge on any atom is -0.292 e. The molecule has 70 valence electrons. The van der Waals surface area contributed by atoms with Gasteiger partial charge < -0.3 is 0 Å². The normalized spacial score (nSPS) is 31.8. The van der Waals surface area contributed by atoms with Crippen LogP contribution in [0.2, 0.25) is 0 Å². The summed E-state index contributed by atoms with van der Waals surface area (Å²) in [5.74, 6) is -0.0677. The van der Waals surface area contributed by atoms with E-state index in [9.17, 15) is 9.18 Å². The Bertz CT molecular complexity index is 362. The van der Waals surface area contributed by atoms with Gasteiger partial charge in [-0.3, -0.25) is 4.79 Å². The molecule has 1 aliphatic carbocycles. The van der Waals surface area contributed by atoms with Crippen molar-refractivity contribution in [2.45, 2.75) is 19.5 Å². The predicted octanol–water partition coefficient (Wildman–Crippen LogP) is 3.44. The highest BCUT2D eigenvalue weighted by atomic mass is 79.9. The molecular weight excluding hydrogens is 255 g/mol. The van der Waals surface area contributed by atoms with Crippen molar-refractivity contribution in [3.05, 3.63) is 20.8 Å². The van der Waals surface area contributed by atoms with Crippen molar-refractivity contribution in [3.8, 4) is 0 Å². The summed E-state index contributed by atoms with van der Waals surface area (Å²) < 4.78 is 13.7. The Labute approximate surface area is 88.1 Å². The van der Waals surface area contributed by atoms with Crippen molar-refractivity contribution in [1.29, 1.82) is 0 Å². The lowest BCUT2D eigenvalue weighted by atomic mass is 10.0. The molecule has 0 aromatic carbocycles. The first-order valence-electron chi connectivity index (χ1n) is 3.97. The first-order valence-corrected chi connectivity index (χ1v) is 5.65. The van der Waals surface area contributed by atoms with Crippen LogP contribution in [0.3, 0.4) is 0 Å². The van der Waals surface area contributed by atoms with Gasteiger partial charge in [0.1, 0.15) is 6.17 Å². The Hall–Kier alpha value is -0.220. The maximum absolute atomic E-state index is 12.9. The number of ketones is 1. The van der Waals surface area contributed by atoms with Crippen LogP contribution < -0.4 is 0 Å². The number of Topliss-reactive ketones (excluding diaryl/α,β-unsaturated/α-hetero) is 1. The number of carbonyl (C=O) groups excluding carboxylic acids is 1. The van der Waals surface area contributed by atoms with Crippen molar-refractivity contribution in [1.82, 2.24) is 0 Å². The minimum atomic E-state index is -0.950. The number of carbonyl (C=O) groups is 1. The summed E-state index contributed by atoms with van der Waals surface area (Å²) in [6.45, 7) is 1.69. The van der Waals surface area contributed by atoms with E-state index >= 15 is 0 Å². The molecule has 0 N–H and O–H groups in total. The first-order chi connectivity index (χ1) is 6.05. The standard InChI is InChI=1S/C9H8BrFOS/c1-9(4-6(9)11)8(12)7-5(10)2-3-13-7/h2-3,6H,4H2,1H3. The molecule has 1 aromatic heterocycles. The van der Waals surface area contributed by atoms with Crippen LogP contribution in [0, 0.1) is 5.41 Å². The minimum absolute atomic E-state index is 0.0677. The molecular formula is C9H8BrFOS. The highest BCUT2D eigenvalue weighted by Crippen LogP contribution is 2.51. The SMILES string of the molecule is CC1(C(=O)c2sccc2Br)CC1F. The average molecular weight is 263 g/mol. The molecule has 13 heavy (non-hydrogen) atoms. The molecule has 0 spiro atoms. The van der Waals surface area contributed by atoms with Crippen LogP contribution in [0.25, 0.3) is 0 Å². The van der Waals surface area contributed by atoms with Gasteiger partial charge in [-0.1, -0.05) is 0 Å². The molecule has 2 unspecified atom stereocenters. The zero-order valence-electron chi connectivity index (χ0n) is 7.01. The molecule has 1 saturated carbocycles. The van der Waals surface area contributed by atoms with Crippen LogP contribution >= 0.6 is 27.3 Å². The maximum atomic E-state index is 12.9. The Morgan fingerprint density at radius 1 is 1.85 bits per heavy atom. The topological polar surface area (TPSA) is 17.1 Å². The zero-order chi connectivity index (χ0) is 9.64. The lowest BCUT2D eigenvalue weighted by Crippen LogP contribution is -2.14. The van der Waals surface area contributed by atoms with Crippen LogP contribution in [0.5, 0.6) is 0 Å². The molecule has 0 aliphatic heterocycles. The smallest absolute Gasteiger partial charge is 0.182 e. The molecule has 0 saturated heterocycles. The molecule has 1 aromatic rings. The molecule has 0 amide bonds. The largest absolute Gasteiger partial charge is 0.292 e. The third kappa shape index (κ3) is 1.36. The third-order valence-electron chi connectivity index (χ3n) is 2.48. The Kier molecular flexibility index (Phi) is 2.07. The summed E-state index contributed by atoms with van der Waals surface area (Å²) in [7, 11) is 0. The first kappa shape index (κ1) is 9.34. The number of alkyl halides is 1. The monoisotopic (exact) mass is 262 g/mol. The van der Waals surface area contributed by atoms with E-state index in [1.54, 1.807) is 6.92 Å². The van der Waals surface area contributed by atoms with Gasteiger partial charge in [-0.15, -0.1) is 11.3 Å². The van der Waals surface area contributed by atoms with E-state index in [0.717, 1.165) is 4.47 Å². The van der Waals surface area contributed by atoms with E-state index in [2.05, 4.69) is 15.9 Å². The van der Waals surface area contributed by atoms with Crippen LogP contribution in [0.15, 0.2) is 15.9 Å². The summed E-state index contributed by atoms with van der Waals surface area (Å²) >= 11 is 4.64. The number of rotatable bonds is 2. The van der Waals surface area contributed by atoms with Gasteiger partial charge in [-0.2, -0.15) is 0 Å². The van der Waals surface area contributed by atoms with Crippen molar-refractivity contribution >= 4 is 33.0 Å².